The number of nitrogens with zero attached hydrogens (tertiary/aromatic N) is 2. The number of nitrogen functional groups attached to an aromatic ring is 1. The van der Waals surface area contributed by atoms with Crippen molar-refractivity contribution in [3.8, 4) is 11.8 Å². The van der Waals surface area contributed by atoms with Crippen molar-refractivity contribution in [2.24, 2.45) is 5.73 Å². The van der Waals surface area contributed by atoms with Crippen molar-refractivity contribution in [3.63, 3.8) is 0 Å². The molecule has 0 fully saturated rings. The maximum atomic E-state index is 7.32. The van der Waals surface area contributed by atoms with Crippen molar-refractivity contribution in [1.82, 2.24) is 9.97 Å². The molecule has 0 radical (unpaired) electrons. The molecule has 18 heavy (non-hydrogen) atoms. The van der Waals surface area contributed by atoms with Gasteiger partial charge in [0.1, 0.15) is 17.3 Å². The van der Waals surface area contributed by atoms with Crippen molar-refractivity contribution < 1.29 is 4.74 Å². The van der Waals surface area contributed by atoms with Crippen LogP contribution in [0.5, 0.6) is 11.8 Å². The lowest BCUT2D eigenvalue weighted by Gasteiger charge is -2.08. The van der Waals surface area contributed by atoms with E-state index in [2.05, 4.69) is 16.9 Å². The molecule has 0 saturated carbocycles. The van der Waals surface area contributed by atoms with Crippen LogP contribution in [0.4, 0.5) is 0 Å². The van der Waals surface area contributed by atoms with Gasteiger partial charge in [-0.25, -0.2) is 4.98 Å². The zero-order chi connectivity index (χ0) is 13.0. The number of para-hydroxylation sites is 1. The molecule has 0 atom stereocenters. The molecule has 3 N–H and O–H groups in total. The van der Waals surface area contributed by atoms with Crippen molar-refractivity contribution in [1.29, 1.82) is 5.41 Å². The fourth-order valence-electron chi connectivity index (χ4n) is 1.53. The molecule has 0 spiro atoms. The molecule has 0 aliphatic heterocycles. The van der Waals surface area contributed by atoms with Crippen LogP contribution >= 0.6 is 0 Å². The molecule has 92 valence electrons. The van der Waals surface area contributed by atoms with E-state index >= 15 is 0 Å². The van der Waals surface area contributed by atoms with Gasteiger partial charge in [-0.3, -0.25) is 5.41 Å². The first-order chi connectivity index (χ1) is 8.70. The number of amidine groups is 1. The number of aromatic nitrogens is 2. The molecule has 1 aromatic carbocycles. The third-order valence-electron chi connectivity index (χ3n) is 2.46. The quantitative estimate of drug-likeness (QED) is 0.635. The van der Waals surface area contributed by atoms with Gasteiger partial charge in [0.25, 0.3) is 0 Å². The zero-order valence-corrected chi connectivity index (χ0v) is 10.1. The maximum Gasteiger partial charge on any atom is 0.322 e. The summed E-state index contributed by atoms with van der Waals surface area (Å²) in [4.78, 5) is 8.07. The summed E-state index contributed by atoms with van der Waals surface area (Å²) in [7, 11) is 0. The monoisotopic (exact) mass is 242 g/mol. The lowest BCUT2D eigenvalue weighted by Crippen LogP contribution is -2.13. The smallest absolute Gasteiger partial charge is 0.322 e. The van der Waals surface area contributed by atoms with Gasteiger partial charge in [0, 0.05) is 6.20 Å². The topological polar surface area (TPSA) is 84.9 Å². The molecule has 0 aliphatic rings. The molecule has 1 aromatic heterocycles. The summed E-state index contributed by atoms with van der Waals surface area (Å²) in [6.45, 7) is 2.05. The Morgan fingerprint density at radius 1 is 1.33 bits per heavy atom. The predicted molar refractivity (Wildman–Crippen MR) is 68.9 cm³/mol. The van der Waals surface area contributed by atoms with Crippen LogP contribution in [0.2, 0.25) is 0 Å². The number of rotatable bonds is 4. The van der Waals surface area contributed by atoms with Crippen LogP contribution in [0.15, 0.2) is 36.5 Å². The molecule has 2 rings (SSSR count). The highest BCUT2D eigenvalue weighted by atomic mass is 16.5. The van der Waals surface area contributed by atoms with Crippen LogP contribution < -0.4 is 10.5 Å². The number of hydrogen-bond donors (Lipinski definition) is 2. The van der Waals surface area contributed by atoms with Gasteiger partial charge in [-0.15, -0.1) is 0 Å². The van der Waals surface area contributed by atoms with Crippen LogP contribution in [-0.4, -0.2) is 15.8 Å². The van der Waals surface area contributed by atoms with Gasteiger partial charge in [0.2, 0.25) is 0 Å². The predicted octanol–water partition coefficient (Wildman–Crippen LogP) is 2.12. The fourth-order valence-corrected chi connectivity index (χ4v) is 1.53. The van der Waals surface area contributed by atoms with Gasteiger partial charge in [0.15, 0.2) is 0 Å². The van der Waals surface area contributed by atoms with Gasteiger partial charge in [-0.2, -0.15) is 4.98 Å². The van der Waals surface area contributed by atoms with E-state index < -0.39 is 0 Å². The minimum Gasteiger partial charge on any atom is -0.424 e. The average Bonchev–Trinajstić information content (AvgIpc) is 2.39. The molecule has 2 aromatic rings. The molecule has 0 amide bonds. The SMILES string of the molecule is CCc1ccccc1Oc1nccc(C(=N)N)n1. The van der Waals surface area contributed by atoms with Gasteiger partial charge < -0.3 is 10.5 Å². The number of nitrogens with two attached hydrogens (primary N) is 1. The number of hydrogen-bond acceptors (Lipinski definition) is 4. The highest BCUT2D eigenvalue weighted by Gasteiger charge is 2.06. The van der Waals surface area contributed by atoms with E-state index in [1.54, 1.807) is 6.07 Å². The van der Waals surface area contributed by atoms with E-state index in [1.807, 2.05) is 24.3 Å². The molecule has 5 nitrogen and oxygen atoms in total. The van der Waals surface area contributed by atoms with Crippen molar-refractivity contribution in [3.05, 3.63) is 47.8 Å². The normalized spacial score (nSPS) is 10.1. The Bertz CT molecular complexity index is 568. The molecule has 0 unspecified atom stereocenters. The molecule has 5 heteroatoms. The van der Waals surface area contributed by atoms with Crippen molar-refractivity contribution in [2.45, 2.75) is 13.3 Å². The van der Waals surface area contributed by atoms with Crippen LogP contribution in [-0.2, 0) is 6.42 Å². The summed E-state index contributed by atoms with van der Waals surface area (Å²) in [5.74, 6) is 0.617. The number of benzene rings is 1. The Morgan fingerprint density at radius 3 is 2.83 bits per heavy atom. The first-order valence-electron chi connectivity index (χ1n) is 5.64. The lowest BCUT2D eigenvalue weighted by atomic mass is 10.1. The second-order valence-electron chi connectivity index (χ2n) is 3.70. The van der Waals surface area contributed by atoms with E-state index in [0.717, 1.165) is 17.7 Å². The Kier molecular flexibility index (Phi) is 3.52. The molecular weight excluding hydrogens is 228 g/mol. The number of ether oxygens (including phenoxy) is 1. The molecule has 0 saturated heterocycles. The minimum atomic E-state index is -0.106. The first kappa shape index (κ1) is 12.0. The van der Waals surface area contributed by atoms with Gasteiger partial charge in [0.05, 0.1) is 0 Å². The van der Waals surface area contributed by atoms with Gasteiger partial charge in [-0.1, -0.05) is 25.1 Å². The van der Waals surface area contributed by atoms with E-state index in [-0.39, 0.29) is 11.8 Å². The second kappa shape index (κ2) is 5.27. The standard InChI is InChI=1S/C13H14N4O/c1-2-9-5-3-4-6-11(9)18-13-16-8-7-10(17-13)12(14)15/h3-8H,2H2,1H3,(H3,14,15). The Balaban J connectivity index is 2.28. The fraction of sp³-hybridized carbons (Fsp3) is 0.154. The molecular formula is C13H14N4O. The molecule has 0 bridgehead atoms. The van der Waals surface area contributed by atoms with Crippen LogP contribution in [0.25, 0.3) is 0 Å². The Morgan fingerprint density at radius 2 is 2.11 bits per heavy atom. The van der Waals surface area contributed by atoms with Crippen molar-refractivity contribution >= 4 is 5.84 Å². The molecule has 1 heterocycles. The summed E-state index contributed by atoms with van der Waals surface area (Å²) < 4.78 is 5.62. The third-order valence-corrected chi connectivity index (χ3v) is 2.46. The highest BCUT2D eigenvalue weighted by molar-refractivity contribution is 5.92. The minimum absolute atomic E-state index is 0.106. The van der Waals surface area contributed by atoms with E-state index in [0.29, 0.717) is 5.69 Å². The highest BCUT2D eigenvalue weighted by Crippen LogP contribution is 2.22. The Labute approximate surface area is 105 Å². The van der Waals surface area contributed by atoms with Crippen molar-refractivity contribution in [2.75, 3.05) is 0 Å². The summed E-state index contributed by atoms with van der Waals surface area (Å²) in [6, 6.07) is 9.47. The number of nitrogens with one attached hydrogen (secondary N) is 1. The Hall–Kier alpha value is -2.43. The van der Waals surface area contributed by atoms with Crippen LogP contribution in [0.1, 0.15) is 18.2 Å². The third kappa shape index (κ3) is 2.63. The summed E-state index contributed by atoms with van der Waals surface area (Å²) in [5.41, 5.74) is 6.80. The zero-order valence-electron chi connectivity index (χ0n) is 10.1. The second-order valence-corrected chi connectivity index (χ2v) is 3.70. The lowest BCUT2D eigenvalue weighted by molar-refractivity contribution is 0.436. The summed E-state index contributed by atoms with van der Waals surface area (Å²) in [6.07, 6.45) is 2.39. The number of aryl methyl sites for hydroxylation is 1. The van der Waals surface area contributed by atoms with Gasteiger partial charge >= 0.3 is 6.01 Å². The summed E-state index contributed by atoms with van der Waals surface area (Å²) >= 11 is 0. The van der Waals surface area contributed by atoms with E-state index in [4.69, 9.17) is 15.9 Å². The van der Waals surface area contributed by atoms with Crippen LogP contribution in [0.3, 0.4) is 0 Å². The van der Waals surface area contributed by atoms with Crippen LogP contribution in [0, 0.1) is 5.41 Å². The summed E-state index contributed by atoms with van der Waals surface area (Å²) in [5, 5.41) is 7.32. The van der Waals surface area contributed by atoms with Gasteiger partial charge in [-0.05, 0) is 24.1 Å². The van der Waals surface area contributed by atoms with E-state index in [1.165, 1.54) is 6.20 Å². The average molecular weight is 242 g/mol. The molecule has 0 aliphatic carbocycles. The largest absolute Gasteiger partial charge is 0.424 e. The first-order valence-corrected chi connectivity index (χ1v) is 5.64. The van der Waals surface area contributed by atoms with E-state index in [9.17, 15) is 0 Å². The maximum absolute atomic E-state index is 7.32.